The standard InChI is InChI=1S/C27H28Cl2FN3O4S/c1-4-31-27(35)19(3)32(16-20-7-14-24(28)25(29)15-20)26(34)17-33(22-10-8-21(30)9-11-22)38(36,37)23-12-5-18(2)6-13-23/h5-15,19H,4,16-17H2,1-3H3,(H,31,35)/t19-/m0/s1. The summed E-state index contributed by atoms with van der Waals surface area (Å²) in [5.41, 5.74) is 1.55. The molecule has 0 spiro atoms. The van der Waals surface area contributed by atoms with Gasteiger partial charge < -0.3 is 10.2 Å². The van der Waals surface area contributed by atoms with Crippen LogP contribution in [0.1, 0.15) is 25.0 Å². The first kappa shape index (κ1) is 29.4. The van der Waals surface area contributed by atoms with Gasteiger partial charge in [0.25, 0.3) is 10.0 Å². The molecule has 0 aliphatic rings. The molecule has 0 radical (unpaired) electrons. The number of nitrogens with zero attached hydrogens (tertiary/aromatic N) is 2. The SMILES string of the molecule is CCNC(=O)[C@H](C)N(Cc1ccc(Cl)c(Cl)c1)C(=O)CN(c1ccc(F)cc1)S(=O)(=O)c1ccc(C)cc1. The normalized spacial score (nSPS) is 12.1. The monoisotopic (exact) mass is 579 g/mol. The fraction of sp³-hybridized carbons (Fsp3) is 0.259. The van der Waals surface area contributed by atoms with E-state index in [2.05, 4.69) is 5.32 Å². The minimum absolute atomic E-state index is 0.0319. The van der Waals surface area contributed by atoms with Gasteiger partial charge in [0.05, 0.1) is 20.6 Å². The van der Waals surface area contributed by atoms with Crippen molar-refractivity contribution in [2.24, 2.45) is 0 Å². The zero-order chi connectivity index (χ0) is 28.0. The van der Waals surface area contributed by atoms with E-state index in [9.17, 15) is 22.4 Å². The van der Waals surface area contributed by atoms with Crippen molar-refractivity contribution in [2.45, 2.75) is 38.3 Å². The van der Waals surface area contributed by atoms with Crippen LogP contribution in [0.2, 0.25) is 10.0 Å². The smallest absolute Gasteiger partial charge is 0.264 e. The van der Waals surface area contributed by atoms with Gasteiger partial charge in [-0.25, -0.2) is 12.8 Å². The molecule has 11 heteroatoms. The second-order valence-corrected chi connectivity index (χ2v) is 11.3. The van der Waals surface area contributed by atoms with Crippen molar-refractivity contribution in [3.05, 3.63) is 93.7 Å². The maximum atomic E-state index is 13.7. The van der Waals surface area contributed by atoms with Crippen LogP contribution in [0, 0.1) is 12.7 Å². The van der Waals surface area contributed by atoms with Gasteiger partial charge in [0.1, 0.15) is 18.4 Å². The largest absolute Gasteiger partial charge is 0.355 e. The number of sulfonamides is 1. The van der Waals surface area contributed by atoms with Gasteiger partial charge in [-0.3, -0.25) is 13.9 Å². The molecule has 0 saturated carbocycles. The van der Waals surface area contributed by atoms with Gasteiger partial charge in [-0.05, 0) is 74.9 Å². The molecule has 0 aliphatic heterocycles. The number of hydrogen-bond acceptors (Lipinski definition) is 4. The Hall–Kier alpha value is -3.14. The molecule has 0 aromatic heterocycles. The molecule has 1 atom stereocenters. The summed E-state index contributed by atoms with van der Waals surface area (Å²) in [7, 11) is -4.23. The molecule has 0 aliphatic carbocycles. The Kier molecular flexibility index (Phi) is 9.76. The summed E-state index contributed by atoms with van der Waals surface area (Å²) >= 11 is 12.2. The number of likely N-dealkylation sites (N-methyl/N-ethyl adjacent to an activating group) is 1. The molecule has 0 unspecified atom stereocenters. The van der Waals surface area contributed by atoms with Gasteiger partial charge in [0.15, 0.2) is 0 Å². The van der Waals surface area contributed by atoms with E-state index in [1.807, 2.05) is 6.92 Å². The molecule has 3 aromatic rings. The Morgan fingerprint density at radius 3 is 2.18 bits per heavy atom. The Morgan fingerprint density at radius 2 is 1.61 bits per heavy atom. The van der Waals surface area contributed by atoms with Crippen LogP contribution in [0.4, 0.5) is 10.1 Å². The van der Waals surface area contributed by atoms with E-state index in [0.29, 0.717) is 17.1 Å². The third-order valence-corrected chi connectivity index (χ3v) is 8.38. The average Bonchev–Trinajstić information content (AvgIpc) is 2.88. The van der Waals surface area contributed by atoms with Gasteiger partial charge in [-0.1, -0.05) is 47.0 Å². The zero-order valence-electron chi connectivity index (χ0n) is 21.1. The minimum atomic E-state index is -4.23. The van der Waals surface area contributed by atoms with Crippen LogP contribution in [0.15, 0.2) is 71.6 Å². The molecule has 0 heterocycles. The zero-order valence-corrected chi connectivity index (χ0v) is 23.4. The molecule has 0 bridgehead atoms. The lowest BCUT2D eigenvalue weighted by Crippen LogP contribution is -2.51. The topological polar surface area (TPSA) is 86.8 Å². The van der Waals surface area contributed by atoms with Crippen LogP contribution in [0.5, 0.6) is 0 Å². The molecule has 1 N–H and O–H groups in total. The highest BCUT2D eigenvalue weighted by atomic mass is 35.5. The molecule has 0 fully saturated rings. The molecule has 7 nitrogen and oxygen atoms in total. The summed E-state index contributed by atoms with van der Waals surface area (Å²) in [5.74, 6) is -1.61. The third-order valence-electron chi connectivity index (χ3n) is 5.86. The van der Waals surface area contributed by atoms with Crippen molar-refractivity contribution < 1.29 is 22.4 Å². The number of amides is 2. The first-order valence-corrected chi connectivity index (χ1v) is 14.0. The van der Waals surface area contributed by atoms with E-state index in [1.54, 1.807) is 44.2 Å². The van der Waals surface area contributed by atoms with Gasteiger partial charge >= 0.3 is 0 Å². The van der Waals surface area contributed by atoms with Crippen molar-refractivity contribution >= 4 is 50.7 Å². The summed E-state index contributed by atoms with van der Waals surface area (Å²) in [6, 6.07) is 14.8. The quantitative estimate of drug-likeness (QED) is 0.358. The molecule has 202 valence electrons. The molecule has 38 heavy (non-hydrogen) atoms. The van der Waals surface area contributed by atoms with E-state index in [4.69, 9.17) is 23.2 Å². The van der Waals surface area contributed by atoms with Gasteiger partial charge in [-0.2, -0.15) is 0 Å². The average molecular weight is 581 g/mol. The molecule has 2 amide bonds. The lowest BCUT2D eigenvalue weighted by Gasteiger charge is -2.32. The second kappa shape index (κ2) is 12.6. The maximum Gasteiger partial charge on any atom is 0.264 e. The lowest BCUT2D eigenvalue weighted by molar-refractivity contribution is -0.139. The van der Waals surface area contributed by atoms with Gasteiger partial charge in [0.2, 0.25) is 11.8 Å². The highest BCUT2D eigenvalue weighted by Gasteiger charge is 2.32. The highest BCUT2D eigenvalue weighted by molar-refractivity contribution is 7.92. The molecule has 0 saturated heterocycles. The third kappa shape index (κ3) is 7.03. The van der Waals surface area contributed by atoms with Crippen LogP contribution in [-0.2, 0) is 26.2 Å². The van der Waals surface area contributed by atoms with E-state index >= 15 is 0 Å². The Morgan fingerprint density at radius 1 is 0.974 bits per heavy atom. The molecular formula is C27H28Cl2FN3O4S. The number of aryl methyl sites for hydroxylation is 1. The highest BCUT2D eigenvalue weighted by Crippen LogP contribution is 2.26. The molecule has 3 rings (SSSR count). The number of nitrogens with one attached hydrogen (secondary N) is 1. The number of carbonyl (C=O) groups excluding carboxylic acids is 2. The van der Waals surface area contributed by atoms with Crippen molar-refractivity contribution in [1.82, 2.24) is 10.2 Å². The number of hydrogen-bond donors (Lipinski definition) is 1. The summed E-state index contributed by atoms with van der Waals surface area (Å²) in [6.45, 7) is 4.81. The Labute approximate surface area is 232 Å². The van der Waals surface area contributed by atoms with E-state index in [-0.39, 0.29) is 22.2 Å². The van der Waals surface area contributed by atoms with Crippen LogP contribution in [-0.4, -0.2) is 44.3 Å². The van der Waals surface area contributed by atoms with Crippen LogP contribution >= 0.6 is 23.2 Å². The fourth-order valence-electron chi connectivity index (χ4n) is 3.71. The summed E-state index contributed by atoms with van der Waals surface area (Å²) < 4.78 is 41.9. The van der Waals surface area contributed by atoms with Crippen molar-refractivity contribution in [2.75, 3.05) is 17.4 Å². The van der Waals surface area contributed by atoms with Crippen molar-refractivity contribution in [1.29, 1.82) is 0 Å². The number of halogens is 3. The Bertz CT molecular complexity index is 1400. The molecule has 3 aromatic carbocycles. The maximum absolute atomic E-state index is 13.7. The van der Waals surface area contributed by atoms with Gasteiger partial charge in [-0.15, -0.1) is 0 Å². The number of anilines is 1. The number of benzene rings is 3. The first-order chi connectivity index (χ1) is 17.9. The predicted molar refractivity (Wildman–Crippen MR) is 147 cm³/mol. The minimum Gasteiger partial charge on any atom is -0.355 e. The second-order valence-electron chi connectivity index (χ2n) is 8.64. The lowest BCUT2D eigenvalue weighted by atomic mass is 10.1. The van der Waals surface area contributed by atoms with Crippen molar-refractivity contribution in [3.8, 4) is 0 Å². The van der Waals surface area contributed by atoms with Crippen LogP contribution in [0.25, 0.3) is 0 Å². The van der Waals surface area contributed by atoms with E-state index in [1.165, 1.54) is 29.2 Å². The fourth-order valence-corrected chi connectivity index (χ4v) is 5.45. The summed E-state index contributed by atoms with van der Waals surface area (Å²) in [6.07, 6.45) is 0. The van der Waals surface area contributed by atoms with Crippen molar-refractivity contribution in [3.63, 3.8) is 0 Å². The van der Waals surface area contributed by atoms with E-state index in [0.717, 1.165) is 22.0 Å². The predicted octanol–water partition coefficient (Wildman–Crippen LogP) is 5.19. The summed E-state index contributed by atoms with van der Waals surface area (Å²) in [4.78, 5) is 27.7. The van der Waals surface area contributed by atoms with Crippen LogP contribution in [0.3, 0.4) is 0 Å². The van der Waals surface area contributed by atoms with E-state index < -0.39 is 40.2 Å². The summed E-state index contributed by atoms with van der Waals surface area (Å²) in [5, 5.41) is 3.29. The number of rotatable bonds is 10. The Balaban J connectivity index is 2.03. The van der Waals surface area contributed by atoms with Gasteiger partial charge in [0, 0.05) is 13.1 Å². The molecular weight excluding hydrogens is 552 g/mol. The van der Waals surface area contributed by atoms with Crippen LogP contribution < -0.4 is 9.62 Å². The number of carbonyl (C=O) groups is 2. The first-order valence-electron chi connectivity index (χ1n) is 11.8.